The smallest absolute Gasteiger partial charge is 0.231 e. The molecule has 1 unspecified atom stereocenters. The van der Waals surface area contributed by atoms with Crippen molar-refractivity contribution in [2.24, 2.45) is 22.7 Å². The minimum atomic E-state index is -0.663. The summed E-state index contributed by atoms with van der Waals surface area (Å²) in [5, 5.41) is 14.5. The zero-order chi connectivity index (χ0) is 15.4. The molecule has 0 aliphatic carbocycles. The highest BCUT2D eigenvalue weighted by molar-refractivity contribution is 6.02. The van der Waals surface area contributed by atoms with Crippen molar-refractivity contribution in [2.45, 2.75) is 20.4 Å². The van der Waals surface area contributed by atoms with Crippen LogP contribution in [0.4, 0.5) is 0 Å². The number of hydrogen-bond acceptors (Lipinski definition) is 5. The van der Waals surface area contributed by atoms with Crippen molar-refractivity contribution < 1.29 is 19.5 Å². The molecule has 0 bridgehead atoms. The van der Waals surface area contributed by atoms with Crippen molar-refractivity contribution in [1.29, 1.82) is 0 Å². The van der Waals surface area contributed by atoms with Crippen molar-refractivity contribution in [2.75, 3.05) is 6.79 Å². The first-order chi connectivity index (χ1) is 10.0. The third-order valence-corrected chi connectivity index (χ3v) is 3.29. The number of nitrogens with one attached hydrogen (secondary N) is 1. The summed E-state index contributed by atoms with van der Waals surface area (Å²) >= 11 is 0. The second kappa shape index (κ2) is 6.34. The number of carbonyl (C=O) groups excluding carboxylic acids is 1. The van der Waals surface area contributed by atoms with E-state index in [-0.39, 0.29) is 24.5 Å². The van der Waals surface area contributed by atoms with Crippen LogP contribution in [0.15, 0.2) is 23.4 Å². The second-order valence-electron chi connectivity index (χ2n) is 5.15. The standard InChI is InChI=1S/C14H19N3O4/c1-8(2)12(13(15)17-19)14(18)16-6-9-3-4-10-11(5-9)21-7-20-10/h3-5,8,12,19H,6-7H2,1-2H3,(H2,15,17)(H,16,18). The predicted molar refractivity (Wildman–Crippen MR) is 76.1 cm³/mol. The molecule has 2 rings (SSSR count). The van der Waals surface area contributed by atoms with E-state index in [1.807, 2.05) is 26.0 Å². The molecule has 1 aliphatic heterocycles. The summed E-state index contributed by atoms with van der Waals surface area (Å²) in [5.41, 5.74) is 6.45. The van der Waals surface area contributed by atoms with E-state index in [1.54, 1.807) is 6.07 Å². The van der Waals surface area contributed by atoms with Gasteiger partial charge in [-0.3, -0.25) is 4.79 Å². The first-order valence-electron chi connectivity index (χ1n) is 6.66. The molecule has 7 nitrogen and oxygen atoms in total. The van der Waals surface area contributed by atoms with Gasteiger partial charge in [0.1, 0.15) is 5.92 Å². The molecule has 114 valence electrons. The van der Waals surface area contributed by atoms with Gasteiger partial charge in [0.2, 0.25) is 12.7 Å². The highest BCUT2D eigenvalue weighted by atomic mass is 16.7. The van der Waals surface area contributed by atoms with Gasteiger partial charge in [-0.05, 0) is 23.6 Å². The summed E-state index contributed by atoms with van der Waals surface area (Å²) in [6, 6.07) is 5.46. The Balaban J connectivity index is 2.00. The van der Waals surface area contributed by atoms with Gasteiger partial charge in [0.05, 0.1) is 0 Å². The average Bonchev–Trinajstić information content (AvgIpc) is 2.92. The molecule has 1 aliphatic rings. The molecule has 21 heavy (non-hydrogen) atoms. The van der Waals surface area contributed by atoms with Crippen LogP contribution in [0.1, 0.15) is 19.4 Å². The number of fused-ring (bicyclic) bond motifs is 1. The lowest BCUT2D eigenvalue weighted by atomic mass is 9.94. The van der Waals surface area contributed by atoms with Crippen LogP contribution in [0.2, 0.25) is 0 Å². The van der Waals surface area contributed by atoms with Crippen LogP contribution in [-0.2, 0) is 11.3 Å². The van der Waals surface area contributed by atoms with Crippen LogP contribution in [0.3, 0.4) is 0 Å². The number of rotatable bonds is 5. The van der Waals surface area contributed by atoms with Crippen molar-refractivity contribution >= 4 is 11.7 Å². The van der Waals surface area contributed by atoms with Crippen LogP contribution in [0.5, 0.6) is 11.5 Å². The zero-order valence-electron chi connectivity index (χ0n) is 12.0. The molecule has 0 aromatic heterocycles. The molecule has 1 amide bonds. The Labute approximate surface area is 122 Å². The molecule has 0 saturated heterocycles. The summed E-state index contributed by atoms with van der Waals surface area (Å²) in [7, 11) is 0. The lowest BCUT2D eigenvalue weighted by Crippen LogP contribution is -2.41. The topological polar surface area (TPSA) is 106 Å². The number of amidine groups is 1. The highest BCUT2D eigenvalue weighted by Gasteiger charge is 2.26. The SMILES string of the molecule is CC(C)C(C(=O)NCc1ccc2c(c1)OCO2)C(N)=NO. The van der Waals surface area contributed by atoms with Gasteiger partial charge in [0, 0.05) is 6.54 Å². The van der Waals surface area contributed by atoms with Gasteiger partial charge in [-0.15, -0.1) is 0 Å². The van der Waals surface area contributed by atoms with E-state index in [9.17, 15) is 4.79 Å². The molecular formula is C14H19N3O4. The van der Waals surface area contributed by atoms with Crippen molar-refractivity contribution in [3.8, 4) is 11.5 Å². The number of oxime groups is 1. The monoisotopic (exact) mass is 293 g/mol. The Morgan fingerprint density at radius 1 is 1.43 bits per heavy atom. The number of nitrogens with zero attached hydrogens (tertiary/aromatic N) is 1. The molecule has 0 spiro atoms. The Bertz CT molecular complexity index is 557. The fourth-order valence-electron chi connectivity index (χ4n) is 2.19. The minimum absolute atomic E-state index is 0.0716. The molecule has 1 aromatic carbocycles. The quantitative estimate of drug-likeness (QED) is 0.325. The van der Waals surface area contributed by atoms with E-state index in [4.69, 9.17) is 20.4 Å². The third kappa shape index (κ3) is 3.36. The molecule has 4 N–H and O–H groups in total. The number of nitrogens with two attached hydrogens (primary N) is 1. The lowest BCUT2D eigenvalue weighted by molar-refractivity contribution is -0.124. The maximum absolute atomic E-state index is 12.2. The fourth-order valence-corrected chi connectivity index (χ4v) is 2.19. The number of amides is 1. The van der Waals surface area contributed by atoms with E-state index in [0.29, 0.717) is 18.0 Å². The van der Waals surface area contributed by atoms with Gasteiger partial charge in [0.25, 0.3) is 0 Å². The van der Waals surface area contributed by atoms with E-state index < -0.39 is 5.92 Å². The van der Waals surface area contributed by atoms with Gasteiger partial charge in [-0.1, -0.05) is 25.1 Å². The van der Waals surface area contributed by atoms with E-state index >= 15 is 0 Å². The van der Waals surface area contributed by atoms with Crippen molar-refractivity contribution in [3.05, 3.63) is 23.8 Å². The zero-order valence-corrected chi connectivity index (χ0v) is 12.0. The molecule has 1 aromatic rings. The van der Waals surface area contributed by atoms with Gasteiger partial charge < -0.3 is 25.7 Å². The minimum Gasteiger partial charge on any atom is -0.454 e. The Kier molecular flexibility index (Phi) is 4.52. The van der Waals surface area contributed by atoms with E-state index in [2.05, 4.69) is 10.5 Å². The molecule has 7 heteroatoms. The average molecular weight is 293 g/mol. The van der Waals surface area contributed by atoms with E-state index in [0.717, 1.165) is 5.56 Å². The van der Waals surface area contributed by atoms with Crippen molar-refractivity contribution in [1.82, 2.24) is 5.32 Å². The van der Waals surface area contributed by atoms with Crippen LogP contribution in [0, 0.1) is 11.8 Å². The van der Waals surface area contributed by atoms with Crippen LogP contribution < -0.4 is 20.5 Å². The summed E-state index contributed by atoms with van der Waals surface area (Å²) in [6.45, 7) is 4.22. The van der Waals surface area contributed by atoms with Gasteiger partial charge in [-0.25, -0.2) is 0 Å². The maximum Gasteiger partial charge on any atom is 0.231 e. The normalized spacial score (nSPS) is 15.1. The number of benzene rings is 1. The third-order valence-electron chi connectivity index (χ3n) is 3.29. The molecular weight excluding hydrogens is 274 g/mol. The van der Waals surface area contributed by atoms with Crippen LogP contribution in [0.25, 0.3) is 0 Å². The molecule has 0 fully saturated rings. The molecule has 0 radical (unpaired) electrons. The van der Waals surface area contributed by atoms with Crippen LogP contribution >= 0.6 is 0 Å². The maximum atomic E-state index is 12.2. The Morgan fingerprint density at radius 2 is 2.14 bits per heavy atom. The van der Waals surface area contributed by atoms with Gasteiger partial charge >= 0.3 is 0 Å². The number of carbonyl (C=O) groups is 1. The molecule has 0 saturated carbocycles. The number of hydrogen-bond donors (Lipinski definition) is 3. The lowest BCUT2D eigenvalue weighted by Gasteiger charge is -2.18. The van der Waals surface area contributed by atoms with Crippen LogP contribution in [-0.4, -0.2) is 23.7 Å². The second-order valence-corrected chi connectivity index (χ2v) is 5.15. The summed E-state index contributed by atoms with van der Waals surface area (Å²) in [4.78, 5) is 12.2. The highest BCUT2D eigenvalue weighted by Crippen LogP contribution is 2.32. The summed E-state index contributed by atoms with van der Waals surface area (Å²) < 4.78 is 10.5. The molecule has 1 heterocycles. The summed E-state index contributed by atoms with van der Waals surface area (Å²) in [5.74, 6) is 0.258. The fraction of sp³-hybridized carbons (Fsp3) is 0.429. The van der Waals surface area contributed by atoms with E-state index in [1.165, 1.54) is 0 Å². The Hall–Kier alpha value is -2.44. The molecule has 1 atom stereocenters. The van der Waals surface area contributed by atoms with Crippen molar-refractivity contribution in [3.63, 3.8) is 0 Å². The first kappa shape index (κ1) is 15.0. The van der Waals surface area contributed by atoms with Gasteiger partial charge in [0.15, 0.2) is 17.3 Å². The first-order valence-corrected chi connectivity index (χ1v) is 6.66. The largest absolute Gasteiger partial charge is 0.454 e. The summed E-state index contributed by atoms with van der Waals surface area (Å²) in [6.07, 6.45) is 0. The predicted octanol–water partition coefficient (Wildman–Crippen LogP) is 1.05. The van der Waals surface area contributed by atoms with Gasteiger partial charge in [-0.2, -0.15) is 0 Å². The number of ether oxygens (including phenoxy) is 2. The Morgan fingerprint density at radius 3 is 2.81 bits per heavy atom.